The number of carboxylic acid groups (broad SMARTS) is 1. The monoisotopic (exact) mass is 214 g/mol. The van der Waals surface area contributed by atoms with Gasteiger partial charge in [0, 0.05) is 18.6 Å². The van der Waals surface area contributed by atoms with E-state index in [2.05, 4.69) is 5.32 Å². The number of carboxylic acids is 1. The number of rotatable bonds is 1. The first-order chi connectivity index (χ1) is 6.82. The predicted octanol–water partition coefficient (Wildman–Crippen LogP) is -0.0825. The van der Waals surface area contributed by atoms with Crippen LogP contribution in [0.4, 0.5) is 0 Å². The SMILES string of the molecule is CC(C)(C)N1CC(C(=O)O)CNCC1=O. The predicted molar refractivity (Wildman–Crippen MR) is 55.5 cm³/mol. The third-order valence-electron chi connectivity index (χ3n) is 2.53. The smallest absolute Gasteiger partial charge is 0.309 e. The van der Waals surface area contributed by atoms with E-state index >= 15 is 0 Å². The van der Waals surface area contributed by atoms with Crippen LogP contribution in [0.3, 0.4) is 0 Å². The van der Waals surface area contributed by atoms with Crippen molar-refractivity contribution in [3.8, 4) is 0 Å². The van der Waals surface area contributed by atoms with Crippen molar-refractivity contribution < 1.29 is 14.7 Å². The molecular formula is C10H18N2O3. The minimum atomic E-state index is -0.855. The van der Waals surface area contributed by atoms with Crippen molar-refractivity contribution in [1.82, 2.24) is 10.2 Å². The summed E-state index contributed by atoms with van der Waals surface area (Å²) in [5, 5.41) is 11.8. The Labute approximate surface area is 89.4 Å². The van der Waals surface area contributed by atoms with Gasteiger partial charge in [0.1, 0.15) is 0 Å². The molecule has 5 heteroatoms. The molecule has 0 bridgehead atoms. The molecule has 1 heterocycles. The van der Waals surface area contributed by atoms with Crippen LogP contribution in [0.25, 0.3) is 0 Å². The first kappa shape index (κ1) is 12.0. The van der Waals surface area contributed by atoms with Gasteiger partial charge < -0.3 is 15.3 Å². The molecular weight excluding hydrogens is 196 g/mol. The Morgan fingerprint density at radius 3 is 2.60 bits per heavy atom. The van der Waals surface area contributed by atoms with E-state index in [1.807, 2.05) is 20.8 Å². The number of aliphatic carboxylic acids is 1. The maximum atomic E-state index is 11.7. The lowest BCUT2D eigenvalue weighted by atomic mass is 10.0. The normalized spacial score (nSPS) is 23.8. The van der Waals surface area contributed by atoms with E-state index in [-0.39, 0.29) is 24.5 Å². The minimum absolute atomic E-state index is 0.0359. The maximum absolute atomic E-state index is 11.7. The molecule has 1 aliphatic rings. The molecule has 0 spiro atoms. The highest BCUT2D eigenvalue weighted by Crippen LogP contribution is 2.17. The highest BCUT2D eigenvalue weighted by Gasteiger charge is 2.33. The Morgan fingerprint density at radius 2 is 2.13 bits per heavy atom. The second-order valence-electron chi connectivity index (χ2n) is 4.84. The molecule has 0 saturated carbocycles. The van der Waals surface area contributed by atoms with Gasteiger partial charge in [-0.25, -0.2) is 0 Å². The Bertz CT molecular complexity index is 270. The number of hydrogen-bond donors (Lipinski definition) is 2. The van der Waals surface area contributed by atoms with Crippen LogP contribution in [0.1, 0.15) is 20.8 Å². The summed E-state index contributed by atoms with van der Waals surface area (Å²) in [4.78, 5) is 24.2. The molecule has 0 aromatic rings. The Balaban J connectivity index is 2.83. The topological polar surface area (TPSA) is 69.6 Å². The highest BCUT2D eigenvalue weighted by atomic mass is 16.4. The molecule has 0 aliphatic carbocycles. The van der Waals surface area contributed by atoms with E-state index in [9.17, 15) is 9.59 Å². The summed E-state index contributed by atoms with van der Waals surface area (Å²) in [6.45, 7) is 6.60. The van der Waals surface area contributed by atoms with Crippen molar-refractivity contribution in [1.29, 1.82) is 0 Å². The second-order valence-corrected chi connectivity index (χ2v) is 4.84. The minimum Gasteiger partial charge on any atom is -0.481 e. The summed E-state index contributed by atoms with van der Waals surface area (Å²) in [5.74, 6) is -1.41. The molecule has 0 radical (unpaired) electrons. The molecule has 0 aromatic carbocycles. The van der Waals surface area contributed by atoms with Crippen LogP contribution in [-0.2, 0) is 9.59 Å². The molecule has 2 N–H and O–H groups in total. The highest BCUT2D eigenvalue weighted by molar-refractivity contribution is 5.81. The van der Waals surface area contributed by atoms with Gasteiger partial charge >= 0.3 is 5.97 Å². The number of amides is 1. The van der Waals surface area contributed by atoms with E-state index in [0.29, 0.717) is 6.54 Å². The zero-order valence-corrected chi connectivity index (χ0v) is 9.41. The first-order valence-electron chi connectivity index (χ1n) is 5.06. The molecule has 1 unspecified atom stereocenters. The van der Waals surface area contributed by atoms with Gasteiger partial charge in [-0.15, -0.1) is 0 Å². The Hall–Kier alpha value is -1.10. The summed E-state index contributed by atoms with van der Waals surface area (Å²) >= 11 is 0. The fourth-order valence-corrected chi connectivity index (χ4v) is 1.65. The molecule has 15 heavy (non-hydrogen) atoms. The van der Waals surface area contributed by atoms with Crippen LogP contribution in [0.15, 0.2) is 0 Å². The number of carbonyl (C=O) groups is 2. The number of nitrogens with one attached hydrogen (secondary N) is 1. The van der Waals surface area contributed by atoms with E-state index < -0.39 is 11.9 Å². The van der Waals surface area contributed by atoms with Crippen molar-refractivity contribution in [3.05, 3.63) is 0 Å². The van der Waals surface area contributed by atoms with Crippen molar-refractivity contribution >= 4 is 11.9 Å². The average Bonchev–Trinajstić information content (AvgIpc) is 2.25. The zero-order chi connectivity index (χ0) is 11.6. The third-order valence-corrected chi connectivity index (χ3v) is 2.53. The molecule has 0 aromatic heterocycles. The maximum Gasteiger partial charge on any atom is 0.309 e. The van der Waals surface area contributed by atoms with E-state index in [4.69, 9.17) is 5.11 Å². The number of carbonyl (C=O) groups excluding carboxylic acids is 1. The van der Waals surface area contributed by atoms with E-state index in [1.54, 1.807) is 4.90 Å². The summed E-state index contributed by atoms with van der Waals surface area (Å²) < 4.78 is 0. The van der Waals surface area contributed by atoms with Crippen LogP contribution in [-0.4, -0.2) is 47.1 Å². The number of nitrogens with zero attached hydrogens (tertiary/aromatic N) is 1. The van der Waals surface area contributed by atoms with E-state index in [0.717, 1.165) is 0 Å². The fraction of sp³-hybridized carbons (Fsp3) is 0.800. The number of hydrogen-bond acceptors (Lipinski definition) is 3. The van der Waals surface area contributed by atoms with Gasteiger partial charge in [0.2, 0.25) is 5.91 Å². The quantitative estimate of drug-likeness (QED) is 0.640. The zero-order valence-electron chi connectivity index (χ0n) is 9.41. The van der Waals surface area contributed by atoms with E-state index in [1.165, 1.54) is 0 Å². The summed E-state index contributed by atoms with van der Waals surface area (Å²) in [6, 6.07) is 0. The van der Waals surface area contributed by atoms with Gasteiger partial charge in [-0.1, -0.05) is 0 Å². The summed E-state index contributed by atoms with van der Waals surface area (Å²) in [5.41, 5.74) is -0.323. The van der Waals surface area contributed by atoms with Crippen molar-refractivity contribution in [3.63, 3.8) is 0 Å². The van der Waals surface area contributed by atoms with Gasteiger partial charge in [-0.2, -0.15) is 0 Å². The largest absolute Gasteiger partial charge is 0.481 e. The fourth-order valence-electron chi connectivity index (χ4n) is 1.65. The molecule has 1 rings (SSSR count). The molecule has 1 aliphatic heterocycles. The lowest BCUT2D eigenvalue weighted by Crippen LogP contribution is -2.49. The summed E-state index contributed by atoms with van der Waals surface area (Å²) in [7, 11) is 0. The Morgan fingerprint density at radius 1 is 1.53 bits per heavy atom. The Kier molecular flexibility index (Phi) is 3.34. The lowest BCUT2D eigenvalue weighted by molar-refractivity contribution is -0.143. The second kappa shape index (κ2) is 4.18. The molecule has 86 valence electrons. The van der Waals surface area contributed by atoms with Gasteiger partial charge in [-0.05, 0) is 20.8 Å². The van der Waals surface area contributed by atoms with Crippen LogP contribution in [0, 0.1) is 5.92 Å². The van der Waals surface area contributed by atoms with Crippen LogP contribution in [0.2, 0.25) is 0 Å². The van der Waals surface area contributed by atoms with Gasteiger partial charge in [0.05, 0.1) is 12.5 Å². The molecule has 1 saturated heterocycles. The molecule has 1 amide bonds. The standard InChI is InChI=1S/C10H18N2O3/c1-10(2,3)12-6-7(9(14)15)4-11-5-8(12)13/h7,11H,4-6H2,1-3H3,(H,14,15). The van der Waals surface area contributed by atoms with Gasteiger partial charge in [0.15, 0.2) is 0 Å². The first-order valence-corrected chi connectivity index (χ1v) is 5.06. The van der Waals surface area contributed by atoms with Gasteiger partial charge in [0.25, 0.3) is 0 Å². The average molecular weight is 214 g/mol. The van der Waals surface area contributed by atoms with Crippen molar-refractivity contribution in [2.75, 3.05) is 19.6 Å². The molecule has 1 atom stereocenters. The van der Waals surface area contributed by atoms with Crippen LogP contribution in [0.5, 0.6) is 0 Å². The van der Waals surface area contributed by atoms with Crippen molar-refractivity contribution in [2.24, 2.45) is 5.92 Å². The lowest BCUT2D eigenvalue weighted by Gasteiger charge is -2.35. The van der Waals surface area contributed by atoms with Crippen LogP contribution < -0.4 is 5.32 Å². The summed E-state index contributed by atoms with van der Waals surface area (Å²) in [6.07, 6.45) is 0. The van der Waals surface area contributed by atoms with Crippen LogP contribution >= 0.6 is 0 Å². The molecule has 1 fully saturated rings. The van der Waals surface area contributed by atoms with Crippen molar-refractivity contribution in [2.45, 2.75) is 26.3 Å². The molecule has 5 nitrogen and oxygen atoms in total. The van der Waals surface area contributed by atoms with Gasteiger partial charge in [-0.3, -0.25) is 9.59 Å². The third kappa shape index (κ3) is 2.92.